The molecule has 0 radical (unpaired) electrons. The van der Waals surface area contributed by atoms with Crippen molar-refractivity contribution in [2.45, 2.75) is 11.7 Å². The van der Waals surface area contributed by atoms with Crippen LogP contribution in [-0.4, -0.2) is 34.3 Å². The van der Waals surface area contributed by atoms with Gasteiger partial charge in [-0.3, -0.25) is 19.7 Å². The molecule has 3 rings (SSSR count). The molecule has 11 heteroatoms. The predicted molar refractivity (Wildman–Crippen MR) is 111 cm³/mol. The summed E-state index contributed by atoms with van der Waals surface area (Å²) in [5.41, 5.74) is 0.744. The zero-order valence-corrected chi connectivity index (χ0v) is 16.6. The van der Waals surface area contributed by atoms with Crippen molar-refractivity contribution in [2.75, 3.05) is 12.4 Å². The number of carbonyl (C=O) groups is 2. The SMILES string of the molecule is COc1cc([N+](=O)[O-])ccc1NC(=O)C[C@@H]1SC(=Nc2ccc(Cl)cc2)NC1=O. The Bertz CT molecular complexity index is 996. The molecule has 2 aromatic carbocycles. The van der Waals surface area contributed by atoms with Crippen molar-refractivity contribution in [2.24, 2.45) is 4.99 Å². The molecule has 0 aliphatic carbocycles. The number of nitro groups is 1. The van der Waals surface area contributed by atoms with Crippen molar-refractivity contribution in [1.82, 2.24) is 5.32 Å². The summed E-state index contributed by atoms with van der Waals surface area (Å²) in [6.45, 7) is 0. The maximum absolute atomic E-state index is 12.4. The van der Waals surface area contributed by atoms with E-state index in [1.165, 1.54) is 25.3 Å². The molecule has 1 aliphatic rings. The Morgan fingerprint density at radius 3 is 2.72 bits per heavy atom. The first kappa shape index (κ1) is 20.6. The smallest absolute Gasteiger partial charge is 0.273 e. The molecule has 1 heterocycles. The van der Waals surface area contributed by atoms with Gasteiger partial charge in [-0.05, 0) is 30.3 Å². The zero-order valence-electron chi connectivity index (χ0n) is 15.0. The monoisotopic (exact) mass is 434 g/mol. The highest BCUT2D eigenvalue weighted by Crippen LogP contribution is 2.30. The fraction of sp³-hybridized carbons (Fsp3) is 0.167. The summed E-state index contributed by atoms with van der Waals surface area (Å²) in [5.74, 6) is -0.604. The lowest BCUT2D eigenvalue weighted by Crippen LogP contribution is -2.28. The molecular formula is C18H15ClN4O5S. The number of amidine groups is 1. The van der Waals surface area contributed by atoms with Crippen LogP contribution in [0.25, 0.3) is 0 Å². The molecule has 0 saturated carbocycles. The van der Waals surface area contributed by atoms with Crippen LogP contribution in [0.2, 0.25) is 5.02 Å². The summed E-state index contributed by atoms with van der Waals surface area (Å²) in [6, 6.07) is 10.6. The topological polar surface area (TPSA) is 123 Å². The molecule has 9 nitrogen and oxygen atoms in total. The molecule has 2 aromatic rings. The Hall–Kier alpha value is -3.11. The fourth-order valence-electron chi connectivity index (χ4n) is 2.49. The number of nitrogens with one attached hydrogen (secondary N) is 2. The number of ether oxygens (including phenoxy) is 1. The first-order chi connectivity index (χ1) is 13.9. The van der Waals surface area contributed by atoms with E-state index in [-0.39, 0.29) is 29.5 Å². The molecule has 1 saturated heterocycles. The molecule has 0 aromatic heterocycles. The van der Waals surface area contributed by atoms with Crippen LogP contribution in [-0.2, 0) is 9.59 Å². The lowest BCUT2D eigenvalue weighted by molar-refractivity contribution is -0.384. The van der Waals surface area contributed by atoms with Crippen molar-refractivity contribution in [3.8, 4) is 5.75 Å². The Morgan fingerprint density at radius 1 is 1.34 bits per heavy atom. The molecule has 29 heavy (non-hydrogen) atoms. The number of anilines is 1. The van der Waals surface area contributed by atoms with E-state index in [4.69, 9.17) is 16.3 Å². The number of rotatable bonds is 6. The summed E-state index contributed by atoms with van der Waals surface area (Å²) in [6.07, 6.45) is -0.101. The largest absolute Gasteiger partial charge is 0.494 e. The summed E-state index contributed by atoms with van der Waals surface area (Å²) in [5, 5.41) is 16.4. The van der Waals surface area contributed by atoms with Crippen LogP contribution in [0.5, 0.6) is 5.75 Å². The van der Waals surface area contributed by atoms with Gasteiger partial charge in [-0.25, -0.2) is 4.99 Å². The summed E-state index contributed by atoms with van der Waals surface area (Å²) in [4.78, 5) is 39.1. The van der Waals surface area contributed by atoms with Crippen molar-refractivity contribution in [3.05, 3.63) is 57.6 Å². The Kier molecular flexibility index (Phi) is 6.35. The van der Waals surface area contributed by atoms with Crippen LogP contribution in [0, 0.1) is 10.1 Å². The van der Waals surface area contributed by atoms with E-state index < -0.39 is 16.1 Å². The number of benzene rings is 2. The molecule has 1 aliphatic heterocycles. The number of thioether (sulfide) groups is 1. The number of aliphatic imine (C=N–C) groups is 1. The number of nitrogens with zero attached hydrogens (tertiary/aromatic N) is 2. The third-order valence-corrected chi connectivity index (χ3v) is 5.21. The molecule has 2 N–H and O–H groups in total. The second-order valence-corrected chi connectivity index (χ2v) is 7.51. The van der Waals surface area contributed by atoms with Crippen molar-refractivity contribution in [3.63, 3.8) is 0 Å². The lowest BCUT2D eigenvalue weighted by Gasteiger charge is -2.11. The molecular weight excluding hydrogens is 420 g/mol. The predicted octanol–water partition coefficient (Wildman–Crippen LogP) is 3.50. The van der Waals surface area contributed by atoms with E-state index in [1.807, 2.05) is 0 Å². The maximum atomic E-state index is 12.4. The Balaban J connectivity index is 1.64. The van der Waals surface area contributed by atoms with E-state index in [9.17, 15) is 19.7 Å². The number of hydrogen-bond acceptors (Lipinski definition) is 7. The highest BCUT2D eigenvalue weighted by atomic mass is 35.5. The van der Waals surface area contributed by atoms with Crippen LogP contribution in [0.4, 0.5) is 17.1 Å². The van der Waals surface area contributed by atoms with Crippen LogP contribution in [0.3, 0.4) is 0 Å². The molecule has 150 valence electrons. The van der Waals surface area contributed by atoms with Gasteiger partial charge in [-0.1, -0.05) is 23.4 Å². The first-order valence-corrected chi connectivity index (χ1v) is 9.55. The van der Waals surface area contributed by atoms with Crippen LogP contribution < -0.4 is 15.4 Å². The van der Waals surface area contributed by atoms with Crippen molar-refractivity contribution < 1.29 is 19.2 Å². The Morgan fingerprint density at radius 2 is 2.07 bits per heavy atom. The van der Waals surface area contributed by atoms with E-state index in [2.05, 4.69) is 15.6 Å². The molecule has 1 atom stereocenters. The average molecular weight is 435 g/mol. The molecule has 1 fully saturated rings. The van der Waals surface area contributed by atoms with Gasteiger partial charge in [0.1, 0.15) is 11.0 Å². The summed E-state index contributed by atoms with van der Waals surface area (Å²) in [7, 11) is 1.34. The molecule has 2 amide bonds. The van der Waals surface area contributed by atoms with Gasteiger partial charge in [0, 0.05) is 17.5 Å². The van der Waals surface area contributed by atoms with Gasteiger partial charge in [-0.2, -0.15) is 0 Å². The second-order valence-electron chi connectivity index (χ2n) is 5.88. The second kappa shape index (κ2) is 8.93. The highest BCUT2D eigenvalue weighted by Gasteiger charge is 2.32. The highest BCUT2D eigenvalue weighted by molar-refractivity contribution is 8.15. The van der Waals surface area contributed by atoms with Gasteiger partial charge in [-0.15, -0.1) is 0 Å². The number of halogens is 1. The van der Waals surface area contributed by atoms with Gasteiger partial charge in [0.2, 0.25) is 11.8 Å². The minimum absolute atomic E-state index is 0.101. The molecule has 0 bridgehead atoms. The number of amides is 2. The quantitative estimate of drug-likeness (QED) is 0.529. The van der Waals surface area contributed by atoms with Gasteiger partial charge >= 0.3 is 0 Å². The minimum Gasteiger partial charge on any atom is -0.494 e. The fourth-order valence-corrected chi connectivity index (χ4v) is 3.61. The van der Waals surface area contributed by atoms with Gasteiger partial charge < -0.3 is 15.4 Å². The number of hydrogen-bond donors (Lipinski definition) is 2. The number of carbonyl (C=O) groups excluding carboxylic acids is 2. The van der Waals surface area contributed by atoms with Gasteiger partial charge in [0.15, 0.2) is 5.17 Å². The minimum atomic E-state index is -0.648. The zero-order chi connectivity index (χ0) is 21.0. The van der Waals surface area contributed by atoms with E-state index >= 15 is 0 Å². The maximum Gasteiger partial charge on any atom is 0.273 e. The normalized spacial score (nSPS) is 17.1. The number of non-ortho nitro benzene ring substituents is 1. The molecule has 0 unspecified atom stereocenters. The Labute approximate surface area is 174 Å². The van der Waals surface area contributed by atoms with Crippen molar-refractivity contribution in [1.29, 1.82) is 0 Å². The lowest BCUT2D eigenvalue weighted by atomic mass is 10.2. The third-order valence-electron chi connectivity index (χ3n) is 3.87. The first-order valence-electron chi connectivity index (χ1n) is 8.30. The van der Waals surface area contributed by atoms with E-state index in [1.54, 1.807) is 24.3 Å². The van der Waals surface area contributed by atoms with E-state index in [0.717, 1.165) is 11.8 Å². The molecule has 0 spiro atoms. The van der Waals surface area contributed by atoms with Crippen LogP contribution >= 0.6 is 23.4 Å². The van der Waals surface area contributed by atoms with Crippen LogP contribution in [0.1, 0.15) is 6.42 Å². The number of nitro benzene ring substituents is 1. The standard InChI is InChI=1S/C18H15ClN4O5S/c1-28-14-8-12(23(26)27)6-7-13(14)21-16(24)9-15-17(25)22-18(29-15)20-11-4-2-10(19)3-5-11/h2-8,15H,9H2,1H3,(H,21,24)(H,20,22,25)/t15-/m0/s1. The summed E-state index contributed by atoms with van der Waals surface area (Å²) >= 11 is 6.98. The summed E-state index contributed by atoms with van der Waals surface area (Å²) < 4.78 is 5.09. The average Bonchev–Trinajstić information content (AvgIpc) is 3.02. The van der Waals surface area contributed by atoms with E-state index in [0.29, 0.717) is 15.9 Å². The van der Waals surface area contributed by atoms with Crippen molar-refractivity contribution >= 4 is 57.4 Å². The van der Waals surface area contributed by atoms with Gasteiger partial charge in [0.05, 0.1) is 29.5 Å². The third kappa shape index (κ3) is 5.24. The van der Waals surface area contributed by atoms with Gasteiger partial charge in [0.25, 0.3) is 5.69 Å². The van der Waals surface area contributed by atoms with Crippen LogP contribution in [0.15, 0.2) is 47.5 Å². The number of methoxy groups -OCH3 is 1.